The maximum atomic E-state index is 11.8. The Morgan fingerprint density at radius 1 is 1.35 bits per heavy atom. The Labute approximate surface area is 154 Å². The molecule has 0 radical (unpaired) electrons. The molecule has 0 atom stereocenters. The van der Waals surface area contributed by atoms with Gasteiger partial charge < -0.3 is 25.1 Å². The minimum absolute atomic E-state index is 0. The average molecular weight is 438 g/mol. The Balaban J connectivity index is 0.00000484. The Kier molecular flexibility index (Phi) is 10.6. The van der Waals surface area contributed by atoms with Crippen LogP contribution in [0.1, 0.15) is 26.5 Å². The van der Waals surface area contributed by atoms with Crippen LogP contribution in [0.25, 0.3) is 0 Å². The van der Waals surface area contributed by atoms with E-state index in [2.05, 4.69) is 20.9 Å². The first-order valence-corrected chi connectivity index (χ1v) is 7.33. The van der Waals surface area contributed by atoms with E-state index in [0.29, 0.717) is 31.4 Å². The van der Waals surface area contributed by atoms with Gasteiger partial charge in [-0.1, -0.05) is 0 Å². The first kappa shape index (κ1) is 21.7. The largest absolute Gasteiger partial charge is 0.467 e. The number of furan rings is 1. The highest BCUT2D eigenvalue weighted by Crippen LogP contribution is 2.04. The molecule has 0 aromatic carbocycles. The van der Waals surface area contributed by atoms with E-state index >= 15 is 0 Å². The molecule has 0 saturated heterocycles. The fraction of sp³-hybridized carbons (Fsp3) is 0.600. The fourth-order valence-corrected chi connectivity index (χ4v) is 1.52. The summed E-state index contributed by atoms with van der Waals surface area (Å²) in [4.78, 5) is 16.0. The molecule has 1 rings (SSSR count). The van der Waals surface area contributed by atoms with Crippen molar-refractivity contribution in [1.82, 2.24) is 16.0 Å². The van der Waals surface area contributed by atoms with Gasteiger partial charge in [0.25, 0.3) is 0 Å². The summed E-state index contributed by atoms with van der Waals surface area (Å²) in [6, 6.07) is 3.59. The Morgan fingerprint density at radius 3 is 2.65 bits per heavy atom. The summed E-state index contributed by atoms with van der Waals surface area (Å²) in [6.45, 7) is 7.62. The number of methoxy groups -OCH3 is 1. The zero-order valence-electron chi connectivity index (χ0n) is 14.1. The van der Waals surface area contributed by atoms with E-state index in [1.807, 2.05) is 26.8 Å². The number of amides is 1. The molecule has 0 unspecified atom stereocenters. The molecule has 0 spiro atoms. The third-order valence-electron chi connectivity index (χ3n) is 3.00. The number of carbonyl (C=O) groups excluding carboxylic acids is 1. The van der Waals surface area contributed by atoms with Crippen LogP contribution in [-0.4, -0.2) is 44.2 Å². The highest BCUT2D eigenvalue weighted by molar-refractivity contribution is 14.0. The number of nitrogens with zero attached hydrogens (tertiary/aromatic N) is 1. The van der Waals surface area contributed by atoms with Gasteiger partial charge >= 0.3 is 0 Å². The van der Waals surface area contributed by atoms with Gasteiger partial charge in [0.1, 0.15) is 12.3 Å². The lowest BCUT2D eigenvalue weighted by molar-refractivity contribution is -0.119. The molecule has 0 aliphatic rings. The Hall–Kier alpha value is -1.29. The minimum Gasteiger partial charge on any atom is -0.467 e. The summed E-state index contributed by atoms with van der Waals surface area (Å²) in [5.74, 6) is 1.13. The predicted molar refractivity (Wildman–Crippen MR) is 101 cm³/mol. The van der Waals surface area contributed by atoms with Crippen LogP contribution in [0.4, 0.5) is 0 Å². The predicted octanol–water partition coefficient (Wildman–Crippen LogP) is 1.49. The summed E-state index contributed by atoms with van der Waals surface area (Å²) < 4.78 is 10.5. The van der Waals surface area contributed by atoms with E-state index < -0.39 is 0 Å². The summed E-state index contributed by atoms with van der Waals surface area (Å²) in [5, 5.41) is 8.99. The zero-order valence-corrected chi connectivity index (χ0v) is 16.5. The third kappa shape index (κ3) is 9.44. The zero-order chi connectivity index (χ0) is 16.4. The van der Waals surface area contributed by atoms with Gasteiger partial charge in [0.05, 0.1) is 18.4 Å². The van der Waals surface area contributed by atoms with Crippen molar-refractivity contribution in [1.29, 1.82) is 0 Å². The standard InChI is InChI=1S/C15H26N4O3.HI/c1-5-16-14(19-11-15(2,3)21-4)18-10-13(20)17-9-12-7-6-8-22-12;/h6-8H,5,9-11H2,1-4H3,(H,17,20)(H2,16,18,19);1H. The molecule has 0 saturated carbocycles. The van der Waals surface area contributed by atoms with E-state index in [-0.39, 0.29) is 42.0 Å². The molecule has 0 bridgehead atoms. The van der Waals surface area contributed by atoms with E-state index in [9.17, 15) is 4.79 Å². The van der Waals surface area contributed by atoms with Crippen LogP contribution < -0.4 is 16.0 Å². The molecule has 23 heavy (non-hydrogen) atoms. The highest BCUT2D eigenvalue weighted by Gasteiger charge is 2.16. The first-order valence-electron chi connectivity index (χ1n) is 7.33. The molecule has 1 heterocycles. The van der Waals surface area contributed by atoms with Gasteiger partial charge in [-0.25, -0.2) is 4.99 Å². The van der Waals surface area contributed by atoms with Crippen molar-refractivity contribution in [3.63, 3.8) is 0 Å². The fourth-order valence-electron chi connectivity index (χ4n) is 1.52. The molecule has 1 aromatic rings. The Morgan fingerprint density at radius 2 is 2.09 bits per heavy atom. The van der Waals surface area contributed by atoms with Crippen molar-refractivity contribution >= 4 is 35.8 Å². The first-order chi connectivity index (χ1) is 10.5. The number of rotatable bonds is 8. The maximum Gasteiger partial charge on any atom is 0.242 e. The van der Waals surface area contributed by atoms with E-state index in [1.165, 1.54) is 0 Å². The molecule has 132 valence electrons. The smallest absolute Gasteiger partial charge is 0.242 e. The number of carbonyl (C=O) groups is 1. The molecule has 1 amide bonds. The monoisotopic (exact) mass is 438 g/mol. The van der Waals surface area contributed by atoms with Gasteiger partial charge in [0.15, 0.2) is 5.96 Å². The van der Waals surface area contributed by atoms with Gasteiger partial charge in [0.2, 0.25) is 5.91 Å². The second-order valence-electron chi connectivity index (χ2n) is 5.37. The summed E-state index contributed by atoms with van der Waals surface area (Å²) in [7, 11) is 1.66. The van der Waals surface area contributed by atoms with Crippen molar-refractivity contribution in [3.8, 4) is 0 Å². The molecule has 0 aliphatic carbocycles. The number of ether oxygens (including phenoxy) is 1. The summed E-state index contributed by atoms with van der Waals surface area (Å²) in [6.07, 6.45) is 1.57. The normalized spacial score (nSPS) is 11.6. The molecule has 3 N–H and O–H groups in total. The second kappa shape index (κ2) is 11.3. The van der Waals surface area contributed by atoms with Gasteiger partial charge in [-0.15, -0.1) is 24.0 Å². The quantitative estimate of drug-likeness (QED) is 0.325. The van der Waals surface area contributed by atoms with Gasteiger partial charge in [0, 0.05) is 20.2 Å². The van der Waals surface area contributed by atoms with Crippen LogP contribution in [0.15, 0.2) is 27.8 Å². The van der Waals surface area contributed by atoms with Crippen LogP contribution in [0.3, 0.4) is 0 Å². The molecule has 7 nitrogen and oxygen atoms in total. The van der Waals surface area contributed by atoms with E-state index in [0.717, 1.165) is 0 Å². The van der Waals surface area contributed by atoms with Gasteiger partial charge in [-0.3, -0.25) is 4.79 Å². The van der Waals surface area contributed by atoms with Crippen molar-refractivity contribution in [2.45, 2.75) is 32.9 Å². The van der Waals surface area contributed by atoms with Crippen molar-refractivity contribution < 1.29 is 13.9 Å². The van der Waals surface area contributed by atoms with Crippen LogP contribution in [-0.2, 0) is 16.1 Å². The lowest BCUT2D eigenvalue weighted by Crippen LogP contribution is -2.45. The number of nitrogens with one attached hydrogen (secondary N) is 3. The SMILES string of the molecule is CCNC(=NCC(=O)NCc1ccco1)NCC(C)(C)OC.I. The van der Waals surface area contributed by atoms with Crippen molar-refractivity contribution in [2.24, 2.45) is 4.99 Å². The molecular formula is C15H27IN4O3. The molecule has 0 fully saturated rings. The second-order valence-corrected chi connectivity index (χ2v) is 5.37. The average Bonchev–Trinajstić information content (AvgIpc) is 3.01. The minimum atomic E-state index is -0.308. The van der Waals surface area contributed by atoms with Crippen molar-refractivity contribution in [2.75, 3.05) is 26.7 Å². The number of hydrogen-bond acceptors (Lipinski definition) is 4. The van der Waals surface area contributed by atoms with Crippen LogP contribution in [0, 0.1) is 0 Å². The van der Waals surface area contributed by atoms with Crippen LogP contribution in [0.5, 0.6) is 0 Å². The van der Waals surface area contributed by atoms with Gasteiger partial charge in [-0.05, 0) is 32.9 Å². The van der Waals surface area contributed by atoms with E-state index in [4.69, 9.17) is 9.15 Å². The summed E-state index contributed by atoms with van der Waals surface area (Å²) >= 11 is 0. The lowest BCUT2D eigenvalue weighted by atomic mass is 10.1. The number of guanidine groups is 1. The third-order valence-corrected chi connectivity index (χ3v) is 3.00. The van der Waals surface area contributed by atoms with Gasteiger partial charge in [-0.2, -0.15) is 0 Å². The lowest BCUT2D eigenvalue weighted by Gasteiger charge is -2.24. The molecule has 0 aliphatic heterocycles. The number of halogens is 1. The summed E-state index contributed by atoms with van der Waals surface area (Å²) in [5.41, 5.74) is -0.308. The number of aliphatic imine (C=N–C) groups is 1. The molecule has 8 heteroatoms. The topological polar surface area (TPSA) is 87.9 Å². The molecular weight excluding hydrogens is 411 g/mol. The van der Waals surface area contributed by atoms with Crippen LogP contribution >= 0.6 is 24.0 Å². The maximum absolute atomic E-state index is 11.8. The van der Waals surface area contributed by atoms with Crippen LogP contribution in [0.2, 0.25) is 0 Å². The van der Waals surface area contributed by atoms with E-state index in [1.54, 1.807) is 19.4 Å². The molecule has 1 aromatic heterocycles. The Bertz CT molecular complexity index is 475. The number of hydrogen-bond donors (Lipinski definition) is 3. The van der Waals surface area contributed by atoms with Crippen molar-refractivity contribution in [3.05, 3.63) is 24.2 Å². The highest BCUT2D eigenvalue weighted by atomic mass is 127.